The van der Waals surface area contributed by atoms with Crippen molar-refractivity contribution < 1.29 is 23.5 Å². The highest BCUT2D eigenvalue weighted by atomic mass is 19.1. The van der Waals surface area contributed by atoms with Gasteiger partial charge in [-0.1, -0.05) is 24.3 Å². The molecule has 1 aliphatic heterocycles. The molecule has 0 spiro atoms. The number of urea groups is 1. The summed E-state index contributed by atoms with van der Waals surface area (Å²) in [5.74, 6) is -0.261. The van der Waals surface area contributed by atoms with Gasteiger partial charge in [-0.3, -0.25) is 4.79 Å². The molecule has 0 radical (unpaired) electrons. The minimum absolute atomic E-state index is 0.0426. The Labute approximate surface area is 161 Å². The van der Waals surface area contributed by atoms with Crippen LogP contribution in [0.5, 0.6) is 11.5 Å². The van der Waals surface area contributed by atoms with Crippen molar-refractivity contribution >= 4 is 17.6 Å². The summed E-state index contributed by atoms with van der Waals surface area (Å²) in [5.41, 5.74) is 1.16. The average molecular weight is 385 g/mol. The fourth-order valence-electron chi connectivity index (χ4n) is 3.12. The maximum atomic E-state index is 14.0. The summed E-state index contributed by atoms with van der Waals surface area (Å²) < 4.78 is 24.7. The Kier molecular flexibility index (Phi) is 5.49. The van der Waals surface area contributed by atoms with Crippen LogP contribution < -0.4 is 25.4 Å². The molecule has 0 unspecified atom stereocenters. The SMILES string of the molecule is COc1cccc([C@H]2NC(=O)NC(C)=C2C(=O)Nc2ccccc2F)c1OC. The number of amides is 3. The van der Waals surface area contributed by atoms with Crippen LogP contribution in [0, 0.1) is 5.82 Å². The van der Waals surface area contributed by atoms with E-state index in [2.05, 4.69) is 16.0 Å². The molecule has 28 heavy (non-hydrogen) atoms. The number of ether oxygens (including phenoxy) is 2. The molecule has 3 amide bonds. The first-order valence-corrected chi connectivity index (χ1v) is 8.51. The first-order valence-electron chi connectivity index (χ1n) is 8.51. The summed E-state index contributed by atoms with van der Waals surface area (Å²) in [5, 5.41) is 7.86. The average Bonchev–Trinajstić information content (AvgIpc) is 2.68. The van der Waals surface area contributed by atoms with E-state index in [1.54, 1.807) is 31.2 Å². The molecule has 1 atom stereocenters. The maximum absolute atomic E-state index is 14.0. The van der Waals surface area contributed by atoms with Crippen LogP contribution in [0.1, 0.15) is 18.5 Å². The van der Waals surface area contributed by atoms with Gasteiger partial charge in [0.1, 0.15) is 5.82 Å². The molecule has 8 heteroatoms. The molecule has 3 rings (SSSR count). The predicted octanol–water partition coefficient (Wildman–Crippen LogP) is 3.11. The number of rotatable bonds is 5. The van der Waals surface area contributed by atoms with E-state index >= 15 is 0 Å². The molecule has 0 bridgehead atoms. The van der Waals surface area contributed by atoms with Crippen LogP contribution in [0.3, 0.4) is 0 Å². The normalized spacial score (nSPS) is 16.1. The van der Waals surface area contributed by atoms with Gasteiger partial charge in [-0.05, 0) is 25.1 Å². The van der Waals surface area contributed by atoms with Crippen molar-refractivity contribution in [3.8, 4) is 11.5 Å². The Balaban J connectivity index is 2.05. The van der Waals surface area contributed by atoms with E-state index in [1.165, 1.54) is 32.4 Å². The van der Waals surface area contributed by atoms with Gasteiger partial charge in [0.15, 0.2) is 11.5 Å². The van der Waals surface area contributed by atoms with Crippen molar-refractivity contribution in [2.45, 2.75) is 13.0 Å². The summed E-state index contributed by atoms with van der Waals surface area (Å²) in [7, 11) is 2.97. The number of para-hydroxylation sites is 2. The van der Waals surface area contributed by atoms with Gasteiger partial charge in [-0.15, -0.1) is 0 Å². The van der Waals surface area contributed by atoms with E-state index in [0.717, 1.165) is 0 Å². The third-order valence-electron chi connectivity index (χ3n) is 4.38. The van der Waals surface area contributed by atoms with Crippen molar-refractivity contribution in [3.63, 3.8) is 0 Å². The summed E-state index contributed by atoms with van der Waals surface area (Å²) in [4.78, 5) is 25.0. The second kappa shape index (κ2) is 7.99. The second-order valence-corrected chi connectivity index (χ2v) is 6.09. The van der Waals surface area contributed by atoms with Crippen LogP contribution in [-0.2, 0) is 4.79 Å². The largest absolute Gasteiger partial charge is 0.493 e. The number of allylic oxidation sites excluding steroid dienone is 1. The van der Waals surface area contributed by atoms with Gasteiger partial charge in [0.2, 0.25) is 0 Å². The number of carbonyl (C=O) groups excluding carboxylic acids is 2. The highest BCUT2D eigenvalue weighted by Crippen LogP contribution is 2.39. The Bertz CT molecular complexity index is 958. The molecular weight excluding hydrogens is 365 g/mol. The van der Waals surface area contributed by atoms with E-state index in [9.17, 15) is 14.0 Å². The lowest BCUT2D eigenvalue weighted by atomic mass is 9.93. The van der Waals surface area contributed by atoms with Crippen LogP contribution in [0.2, 0.25) is 0 Å². The molecule has 0 aliphatic carbocycles. The molecule has 2 aromatic carbocycles. The van der Waals surface area contributed by atoms with Gasteiger partial charge in [-0.25, -0.2) is 9.18 Å². The minimum atomic E-state index is -0.814. The molecule has 0 saturated carbocycles. The van der Waals surface area contributed by atoms with Gasteiger partial charge >= 0.3 is 6.03 Å². The molecule has 0 fully saturated rings. The Hall–Kier alpha value is -3.55. The summed E-state index contributed by atoms with van der Waals surface area (Å²) in [6.07, 6.45) is 0. The molecule has 1 aliphatic rings. The summed E-state index contributed by atoms with van der Waals surface area (Å²) in [6, 6.07) is 9.74. The highest BCUT2D eigenvalue weighted by molar-refractivity contribution is 6.07. The Morgan fingerprint density at radius 3 is 2.54 bits per heavy atom. The molecule has 7 nitrogen and oxygen atoms in total. The predicted molar refractivity (Wildman–Crippen MR) is 102 cm³/mol. The lowest BCUT2D eigenvalue weighted by Gasteiger charge is -2.30. The van der Waals surface area contributed by atoms with E-state index in [-0.39, 0.29) is 11.3 Å². The monoisotopic (exact) mass is 385 g/mol. The van der Waals surface area contributed by atoms with E-state index < -0.39 is 23.8 Å². The van der Waals surface area contributed by atoms with Crippen LogP contribution in [0.25, 0.3) is 0 Å². The zero-order valence-electron chi connectivity index (χ0n) is 15.6. The van der Waals surface area contributed by atoms with Crippen LogP contribution in [0.15, 0.2) is 53.7 Å². The summed E-state index contributed by atoms with van der Waals surface area (Å²) in [6.45, 7) is 1.61. The fraction of sp³-hybridized carbons (Fsp3) is 0.200. The zero-order valence-corrected chi connectivity index (χ0v) is 15.6. The lowest BCUT2D eigenvalue weighted by molar-refractivity contribution is -0.113. The van der Waals surface area contributed by atoms with Crippen molar-refractivity contribution in [3.05, 3.63) is 65.1 Å². The van der Waals surface area contributed by atoms with Gasteiger partial charge < -0.3 is 25.4 Å². The topological polar surface area (TPSA) is 88.7 Å². The number of hydrogen-bond acceptors (Lipinski definition) is 4. The molecular formula is C20H20FN3O4. The number of benzene rings is 2. The van der Waals surface area contributed by atoms with Crippen molar-refractivity contribution in [1.82, 2.24) is 10.6 Å². The summed E-state index contributed by atoms with van der Waals surface area (Å²) >= 11 is 0. The minimum Gasteiger partial charge on any atom is -0.493 e. The quantitative estimate of drug-likeness (QED) is 0.738. The van der Waals surface area contributed by atoms with E-state index in [4.69, 9.17) is 9.47 Å². The number of anilines is 1. The third-order valence-corrected chi connectivity index (χ3v) is 4.38. The van der Waals surface area contributed by atoms with Crippen molar-refractivity contribution in [2.75, 3.05) is 19.5 Å². The maximum Gasteiger partial charge on any atom is 0.319 e. The second-order valence-electron chi connectivity index (χ2n) is 6.09. The van der Waals surface area contributed by atoms with Gasteiger partial charge in [0.05, 0.1) is 31.5 Å². The zero-order chi connectivity index (χ0) is 20.3. The van der Waals surface area contributed by atoms with Gasteiger partial charge in [0.25, 0.3) is 5.91 Å². The fourth-order valence-corrected chi connectivity index (χ4v) is 3.12. The molecule has 146 valence electrons. The van der Waals surface area contributed by atoms with Gasteiger partial charge in [0, 0.05) is 11.3 Å². The first-order chi connectivity index (χ1) is 13.5. The van der Waals surface area contributed by atoms with Crippen molar-refractivity contribution in [1.29, 1.82) is 0 Å². The first kappa shape index (κ1) is 19.2. The standard InChI is InChI=1S/C20H20FN3O4/c1-11-16(19(25)23-14-9-5-4-8-13(14)21)17(24-20(26)22-11)12-7-6-10-15(27-2)18(12)28-3/h4-10,17H,1-3H3,(H,23,25)(H2,22,24,26)/t17-/m1/s1. The van der Waals surface area contributed by atoms with E-state index in [0.29, 0.717) is 22.8 Å². The molecule has 1 heterocycles. The number of hydrogen-bond donors (Lipinski definition) is 3. The Morgan fingerprint density at radius 2 is 1.86 bits per heavy atom. The number of nitrogens with one attached hydrogen (secondary N) is 3. The van der Waals surface area contributed by atoms with Crippen LogP contribution >= 0.6 is 0 Å². The number of methoxy groups -OCH3 is 2. The molecule has 0 aromatic heterocycles. The van der Waals surface area contributed by atoms with E-state index in [1.807, 2.05) is 0 Å². The highest BCUT2D eigenvalue weighted by Gasteiger charge is 2.34. The van der Waals surface area contributed by atoms with Crippen LogP contribution in [-0.4, -0.2) is 26.2 Å². The molecule has 2 aromatic rings. The molecule has 0 saturated heterocycles. The smallest absolute Gasteiger partial charge is 0.319 e. The van der Waals surface area contributed by atoms with Crippen LogP contribution in [0.4, 0.5) is 14.9 Å². The third kappa shape index (κ3) is 3.62. The van der Waals surface area contributed by atoms with Crippen molar-refractivity contribution in [2.24, 2.45) is 0 Å². The molecule has 3 N–H and O–H groups in total. The number of carbonyl (C=O) groups is 2. The van der Waals surface area contributed by atoms with Gasteiger partial charge in [-0.2, -0.15) is 0 Å². The number of halogens is 1. The Morgan fingerprint density at radius 1 is 1.11 bits per heavy atom. The lowest BCUT2D eigenvalue weighted by Crippen LogP contribution is -2.46.